The Morgan fingerprint density at radius 3 is 2.38 bits per heavy atom. The van der Waals surface area contributed by atoms with Gasteiger partial charge in [-0.3, -0.25) is 4.79 Å². The number of rotatable bonds is 3. The molecule has 0 saturated heterocycles. The average Bonchev–Trinajstić information content (AvgIpc) is 1.68. The Morgan fingerprint density at radius 1 is 1.75 bits per heavy atom. The molecule has 0 rings (SSSR count). The molecule has 42 valence electrons. The molecule has 0 unspecified atom stereocenters. The second kappa shape index (κ2) is 7.34. The summed E-state index contributed by atoms with van der Waals surface area (Å²) in [5, 5.41) is 0. The molecule has 0 aliphatic heterocycles. The summed E-state index contributed by atoms with van der Waals surface area (Å²) in [5.41, 5.74) is 0. The van der Waals surface area contributed by atoms with Gasteiger partial charge in [-0.25, -0.2) is 0 Å². The molecule has 0 radical (unpaired) electrons. The van der Waals surface area contributed by atoms with Crippen molar-refractivity contribution in [1.82, 2.24) is 0 Å². The Labute approximate surface area is 72.4 Å². The van der Waals surface area contributed by atoms with Crippen LogP contribution in [0.1, 0.15) is 21.2 Å². The van der Waals surface area contributed by atoms with Crippen LogP contribution in [-0.4, -0.2) is 12.1 Å². The predicted molar refractivity (Wildman–Crippen MR) is 27.1 cm³/mol. The van der Waals surface area contributed by atoms with Crippen molar-refractivity contribution in [3.63, 3.8) is 0 Å². The van der Waals surface area contributed by atoms with Gasteiger partial charge in [-0.15, -0.1) is 0 Å². The van der Waals surface area contributed by atoms with Crippen LogP contribution in [0.25, 0.3) is 0 Å². The molecule has 8 heavy (non-hydrogen) atoms. The molecule has 0 N–H and O–H groups in total. The molecule has 0 heterocycles. The second-order valence-corrected chi connectivity index (χ2v) is 1.26. The summed E-state index contributed by atoms with van der Waals surface area (Å²) in [7, 11) is 0. The number of aldehydes is 1. The molecular formula is C5H9NaO2. The van der Waals surface area contributed by atoms with Gasteiger partial charge in [-0.05, 0) is 0 Å². The molecule has 0 atom stereocenters. The average molecular weight is 124 g/mol. The molecule has 0 fully saturated rings. The van der Waals surface area contributed by atoms with Gasteiger partial charge >= 0.3 is 29.6 Å². The van der Waals surface area contributed by atoms with Gasteiger partial charge in [0.15, 0.2) is 0 Å². The number of carbonyl (C=O) groups is 2. The van der Waals surface area contributed by atoms with Crippen molar-refractivity contribution < 1.29 is 40.6 Å². The normalized spacial score (nSPS) is 7.12. The quantitative estimate of drug-likeness (QED) is 0.240. The Morgan fingerprint density at radius 2 is 2.25 bits per heavy atom. The van der Waals surface area contributed by atoms with E-state index in [-0.39, 0.29) is 43.2 Å². The summed E-state index contributed by atoms with van der Waals surface area (Å²) in [6.07, 6.45) is 1.18. The van der Waals surface area contributed by atoms with Crippen LogP contribution in [0.15, 0.2) is 0 Å². The number of carbonyl (C=O) groups excluding carboxylic acids is 2. The van der Waals surface area contributed by atoms with E-state index in [1.807, 2.05) is 0 Å². The Balaban J connectivity index is -0.000000180. The van der Waals surface area contributed by atoms with Gasteiger partial charge in [-0.2, -0.15) is 0 Å². The molecular weight excluding hydrogens is 115 g/mol. The standard InChI is InChI=1S/C5H8O2.Na.H/c1-2-5(7)3-4-6;;/h4H,2-3H2,1H3;;/q;+1;-1. The molecule has 3 heteroatoms. The van der Waals surface area contributed by atoms with Gasteiger partial charge in [0.2, 0.25) is 0 Å². The van der Waals surface area contributed by atoms with Gasteiger partial charge in [-0.1, -0.05) is 6.92 Å². The van der Waals surface area contributed by atoms with Crippen molar-refractivity contribution in [2.45, 2.75) is 19.8 Å². The fourth-order valence-electron chi connectivity index (χ4n) is 0.237. The van der Waals surface area contributed by atoms with E-state index in [2.05, 4.69) is 0 Å². The molecule has 0 aliphatic rings. The topological polar surface area (TPSA) is 34.1 Å². The SMILES string of the molecule is CCC(=O)CC=O.[H-].[Na+]. The van der Waals surface area contributed by atoms with Crippen molar-refractivity contribution in [2.24, 2.45) is 0 Å². The largest absolute Gasteiger partial charge is 1.00 e. The minimum Gasteiger partial charge on any atom is -1.00 e. The van der Waals surface area contributed by atoms with E-state index in [1.165, 1.54) is 0 Å². The number of Topliss-reactive ketones (excluding diaryl/α,β-unsaturated/α-hetero) is 1. The van der Waals surface area contributed by atoms with Gasteiger partial charge in [0, 0.05) is 6.42 Å². The number of hydrogen-bond acceptors (Lipinski definition) is 2. The van der Waals surface area contributed by atoms with Crippen molar-refractivity contribution in [3.05, 3.63) is 0 Å². The summed E-state index contributed by atoms with van der Waals surface area (Å²) >= 11 is 0. The van der Waals surface area contributed by atoms with E-state index in [9.17, 15) is 9.59 Å². The van der Waals surface area contributed by atoms with E-state index >= 15 is 0 Å². The third-order valence-electron chi connectivity index (χ3n) is 0.705. The molecule has 0 aliphatic carbocycles. The maximum atomic E-state index is 10.2. The molecule has 2 nitrogen and oxygen atoms in total. The molecule has 0 spiro atoms. The summed E-state index contributed by atoms with van der Waals surface area (Å²) in [6.45, 7) is 1.74. The van der Waals surface area contributed by atoms with Crippen molar-refractivity contribution in [1.29, 1.82) is 0 Å². The van der Waals surface area contributed by atoms with Crippen LogP contribution in [0.5, 0.6) is 0 Å². The molecule has 0 amide bonds. The first kappa shape index (κ1) is 11.2. The van der Waals surface area contributed by atoms with E-state index in [0.717, 1.165) is 0 Å². The second-order valence-electron chi connectivity index (χ2n) is 1.26. The van der Waals surface area contributed by atoms with E-state index < -0.39 is 0 Å². The zero-order valence-corrected chi connectivity index (χ0v) is 7.31. The molecule has 0 bridgehead atoms. The first-order chi connectivity index (χ1) is 3.31. The van der Waals surface area contributed by atoms with Crippen LogP contribution in [0.3, 0.4) is 0 Å². The van der Waals surface area contributed by atoms with Crippen molar-refractivity contribution in [2.75, 3.05) is 0 Å². The third kappa shape index (κ3) is 6.34. The van der Waals surface area contributed by atoms with Crippen LogP contribution in [-0.2, 0) is 9.59 Å². The molecule has 0 aromatic rings. The molecule has 0 saturated carbocycles. The predicted octanol–water partition coefficient (Wildman–Crippen LogP) is -2.33. The van der Waals surface area contributed by atoms with Crippen LogP contribution in [0, 0.1) is 0 Å². The van der Waals surface area contributed by atoms with E-state index in [4.69, 9.17) is 0 Å². The minimum atomic E-state index is 0. The molecule has 0 aromatic carbocycles. The summed E-state index contributed by atoms with van der Waals surface area (Å²) in [4.78, 5) is 19.7. The third-order valence-corrected chi connectivity index (χ3v) is 0.705. The smallest absolute Gasteiger partial charge is 1.00 e. The zero-order chi connectivity index (χ0) is 5.70. The number of hydrogen-bond donors (Lipinski definition) is 0. The van der Waals surface area contributed by atoms with Gasteiger partial charge in [0.1, 0.15) is 12.1 Å². The van der Waals surface area contributed by atoms with Gasteiger partial charge in [0.05, 0.1) is 6.42 Å². The zero-order valence-electron chi connectivity index (χ0n) is 6.31. The minimum absolute atomic E-state index is 0. The maximum absolute atomic E-state index is 10.2. The van der Waals surface area contributed by atoms with E-state index in [0.29, 0.717) is 12.7 Å². The van der Waals surface area contributed by atoms with Crippen molar-refractivity contribution >= 4 is 12.1 Å². The first-order valence-corrected chi connectivity index (χ1v) is 2.26. The van der Waals surface area contributed by atoms with Crippen LogP contribution >= 0.6 is 0 Å². The Bertz CT molecular complexity index is 85.0. The van der Waals surface area contributed by atoms with Crippen molar-refractivity contribution in [3.8, 4) is 0 Å². The number of ketones is 1. The molecule has 0 aromatic heterocycles. The first-order valence-electron chi connectivity index (χ1n) is 2.26. The summed E-state index contributed by atoms with van der Waals surface area (Å²) in [5.74, 6) is 0.00926. The van der Waals surface area contributed by atoms with Crippen LogP contribution < -0.4 is 29.6 Å². The van der Waals surface area contributed by atoms with Crippen LogP contribution in [0.4, 0.5) is 0 Å². The monoisotopic (exact) mass is 124 g/mol. The maximum Gasteiger partial charge on any atom is 1.00 e. The Kier molecular flexibility index (Phi) is 10.3. The van der Waals surface area contributed by atoms with E-state index in [1.54, 1.807) is 6.92 Å². The van der Waals surface area contributed by atoms with Gasteiger partial charge < -0.3 is 6.22 Å². The fraction of sp³-hybridized carbons (Fsp3) is 0.600. The fourth-order valence-corrected chi connectivity index (χ4v) is 0.237. The summed E-state index contributed by atoms with van der Waals surface area (Å²) < 4.78 is 0. The van der Waals surface area contributed by atoms with Crippen LogP contribution in [0.2, 0.25) is 0 Å². The summed E-state index contributed by atoms with van der Waals surface area (Å²) in [6, 6.07) is 0. The van der Waals surface area contributed by atoms with Gasteiger partial charge in [0.25, 0.3) is 0 Å². The Hall–Kier alpha value is 0.340.